The highest BCUT2D eigenvalue weighted by molar-refractivity contribution is 6.04. The Kier molecular flexibility index (Phi) is 1.80. The molecule has 2 heterocycles. The van der Waals surface area contributed by atoms with Crippen LogP contribution in [0, 0.1) is 0 Å². The maximum atomic E-state index is 11.5. The van der Waals surface area contributed by atoms with Crippen LogP contribution in [0.25, 0.3) is 0 Å². The molecule has 0 spiro atoms. The molecule has 0 saturated heterocycles. The summed E-state index contributed by atoms with van der Waals surface area (Å²) in [4.78, 5) is 22.3. The Hall–Kier alpha value is -1.78. The number of aromatic nitrogens is 1. The van der Waals surface area contributed by atoms with E-state index in [4.69, 9.17) is 5.11 Å². The highest BCUT2D eigenvalue weighted by Gasteiger charge is 2.26. The zero-order valence-electron chi connectivity index (χ0n) is 7.65. The third-order valence-corrected chi connectivity index (χ3v) is 2.26. The standard InChI is InChI=1S/C9H10N2O3/c1-5-4-11-3-2-6(9(13)14)7(11)8(12)10-5/h2-3,5H,4H2,1H3,(H,10,12)(H,13,14). The Balaban J connectivity index is 2.52. The minimum atomic E-state index is -1.07. The summed E-state index contributed by atoms with van der Waals surface area (Å²) >= 11 is 0. The van der Waals surface area contributed by atoms with Crippen molar-refractivity contribution in [1.82, 2.24) is 9.88 Å². The molecule has 1 aromatic heterocycles. The number of amides is 1. The van der Waals surface area contributed by atoms with E-state index in [1.807, 2.05) is 6.92 Å². The summed E-state index contributed by atoms with van der Waals surface area (Å²) < 4.78 is 1.67. The third-order valence-electron chi connectivity index (χ3n) is 2.26. The van der Waals surface area contributed by atoms with E-state index in [0.717, 1.165) is 0 Å². The van der Waals surface area contributed by atoms with Crippen molar-refractivity contribution >= 4 is 11.9 Å². The van der Waals surface area contributed by atoms with Crippen LogP contribution in [0.4, 0.5) is 0 Å². The smallest absolute Gasteiger partial charge is 0.338 e. The molecule has 0 bridgehead atoms. The topological polar surface area (TPSA) is 71.3 Å². The van der Waals surface area contributed by atoms with Gasteiger partial charge in [0.05, 0.1) is 5.56 Å². The molecule has 5 nitrogen and oxygen atoms in total. The molecular weight excluding hydrogens is 184 g/mol. The predicted molar refractivity (Wildman–Crippen MR) is 48.3 cm³/mol. The Morgan fingerprint density at radius 3 is 3.07 bits per heavy atom. The van der Waals surface area contributed by atoms with Gasteiger partial charge in [0, 0.05) is 18.8 Å². The fraction of sp³-hybridized carbons (Fsp3) is 0.333. The molecule has 2 N–H and O–H groups in total. The maximum absolute atomic E-state index is 11.5. The summed E-state index contributed by atoms with van der Waals surface area (Å²) in [6.07, 6.45) is 1.63. The molecular formula is C9H10N2O3. The largest absolute Gasteiger partial charge is 0.478 e. The number of carboxylic acids is 1. The number of nitrogens with one attached hydrogen (secondary N) is 1. The molecule has 1 aliphatic heterocycles. The summed E-state index contributed by atoms with van der Waals surface area (Å²) in [6, 6.07) is 1.50. The van der Waals surface area contributed by atoms with Crippen LogP contribution in [0.2, 0.25) is 0 Å². The van der Waals surface area contributed by atoms with Crippen molar-refractivity contribution in [1.29, 1.82) is 0 Å². The van der Waals surface area contributed by atoms with E-state index in [9.17, 15) is 9.59 Å². The monoisotopic (exact) mass is 194 g/mol. The first-order valence-electron chi connectivity index (χ1n) is 4.33. The second-order valence-corrected chi connectivity index (χ2v) is 3.41. The van der Waals surface area contributed by atoms with E-state index in [-0.39, 0.29) is 23.2 Å². The van der Waals surface area contributed by atoms with Crippen LogP contribution in [-0.2, 0) is 6.54 Å². The Bertz CT molecular complexity index is 408. The number of carbonyl (C=O) groups is 2. The summed E-state index contributed by atoms with van der Waals surface area (Å²) in [7, 11) is 0. The first-order valence-corrected chi connectivity index (χ1v) is 4.33. The summed E-state index contributed by atoms with van der Waals surface area (Å²) in [6.45, 7) is 2.50. The number of rotatable bonds is 1. The maximum Gasteiger partial charge on any atom is 0.338 e. The van der Waals surface area contributed by atoms with Crippen LogP contribution < -0.4 is 5.32 Å². The molecule has 1 amide bonds. The SMILES string of the molecule is CC1Cn2ccc(C(=O)O)c2C(=O)N1. The molecule has 0 fully saturated rings. The van der Waals surface area contributed by atoms with Crippen molar-refractivity contribution in [2.45, 2.75) is 19.5 Å². The number of carboxylic acid groups (broad SMARTS) is 1. The lowest BCUT2D eigenvalue weighted by atomic mass is 10.2. The fourth-order valence-corrected chi connectivity index (χ4v) is 1.68. The van der Waals surface area contributed by atoms with Gasteiger partial charge < -0.3 is 15.0 Å². The van der Waals surface area contributed by atoms with Gasteiger partial charge in [0.2, 0.25) is 0 Å². The molecule has 1 aromatic rings. The Labute approximate surface area is 80.3 Å². The molecule has 0 aromatic carbocycles. The van der Waals surface area contributed by atoms with Gasteiger partial charge in [-0.15, -0.1) is 0 Å². The highest BCUT2D eigenvalue weighted by atomic mass is 16.4. The third kappa shape index (κ3) is 1.17. The molecule has 5 heteroatoms. The van der Waals surface area contributed by atoms with E-state index in [1.165, 1.54) is 6.07 Å². The molecule has 1 aliphatic rings. The van der Waals surface area contributed by atoms with Crippen LogP contribution in [0.5, 0.6) is 0 Å². The molecule has 74 valence electrons. The lowest BCUT2D eigenvalue weighted by Crippen LogP contribution is -2.42. The van der Waals surface area contributed by atoms with Gasteiger partial charge in [0.1, 0.15) is 5.69 Å². The molecule has 1 atom stereocenters. The second-order valence-electron chi connectivity index (χ2n) is 3.41. The van der Waals surface area contributed by atoms with Crippen LogP contribution >= 0.6 is 0 Å². The zero-order chi connectivity index (χ0) is 10.3. The van der Waals surface area contributed by atoms with E-state index in [2.05, 4.69) is 5.32 Å². The van der Waals surface area contributed by atoms with Gasteiger partial charge in [-0.3, -0.25) is 4.79 Å². The number of aromatic carboxylic acids is 1. The summed E-state index contributed by atoms with van der Waals surface area (Å²) in [5, 5.41) is 11.5. The van der Waals surface area contributed by atoms with Gasteiger partial charge in [0.15, 0.2) is 0 Å². The molecule has 1 unspecified atom stereocenters. The van der Waals surface area contributed by atoms with Crippen LogP contribution in [0.15, 0.2) is 12.3 Å². The van der Waals surface area contributed by atoms with Gasteiger partial charge in [-0.1, -0.05) is 0 Å². The number of hydrogen-bond donors (Lipinski definition) is 2. The average molecular weight is 194 g/mol. The quantitative estimate of drug-likeness (QED) is 0.676. The normalized spacial score (nSPS) is 20.1. The van der Waals surface area contributed by atoms with Crippen molar-refractivity contribution in [3.63, 3.8) is 0 Å². The number of carbonyl (C=O) groups excluding carboxylic acids is 1. The van der Waals surface area contributed by atoms with Crippen molar-refractivity contribution < 1.29 is 14.7 Å². The van der Waals surface area contributed by atoms with Gasteiger partial charge in [0.25, 0.3) is 5.91 Å². The number of nitrogens with zero attached hydrogens (tertiary/aromatic N) is 1. The molecule has 2 rings (SSSR count). The van der Waals surface area contributed by atoms with E-state index in [1.54, 1.807) is 10.8 Å². The number of fused-ring (bicyclic) bond motifs is 1. The second kappa shape index (κ2) is 2.87. The first-order chi connectivity index (χ1) is 6.59. The molecule has 0 aliphatic carbocycles. The highest BCUT2D eigenvalue weighted by Crippen LogP contribution is 2.15. The van der Waals surface area contributed by atoms with E-state index in [0.29, 0.717) is 6.54 Å². The van der Waals surface area contributed by atoms with Crippen molar-refractivity contribution in [2.75, 3.05) is 0 Å². The summed E-state index contributed by atoms with van der Waals surface area (Å²) in [5.41, 5.74) is 0.310. The predicted octanol–water partition coefficient (Wildman–Crippen LogP) is 0.318. The summed E-state index contributed by atoms with van der Waals surface area (Å²) in [5.74, 6) is -1.38. The Morgan fingerprint density at radius 2 is 2.43 bits per heavy atom. The van der Waals surface area contributed by atoms with Gasteiger partial charge in [-0.25, -0.2) is 4.79 Å². The van der Waals surface area contributed by atoms with Gasteiger partial charge >= 0.3 is 5.97 Å². The lowest BCUT2D eigenvalue weighted by Gasteiger charge is -2.22. The molecule has 0 saturated carbocycles. The van der Waals surface area contributed by atoms with Crippen LogP contribution in [0.1, 0.15) is 27.8 Å². The first kappa shape index (κ1) is 8.80. The van der Waals surface area contributed by atoms with Crippen LogP contribution in [0.3, 0.4) is 0 Å². The lowest BCUT2D eigenvalue weighted by molar-refractivity contribution is 0.0688. The molecule has 0 radical (unpaired) electrons. The average Bonchev–Trinajstić information content (AvgIpc) is 2.47. The van der Waals surface area contributed by atoms with E-state index >= 15 is 0 Å². The van der Waals surface area contributed by atoms with Crippen molar-refractivity contribution in [3.05, 3.63) is 23.5 Å². The minimum Gasteiger partial charge on any atom is -0.478 e. The fourth-order valence-electron chi connectivity index (χ4n) is 1.68. The van der Waals surface area contributed by atoms with Crippen LogP contribution in [-0.4, -0.2) is 27.6 Å². The van der Waals surface area contributed by atoms with E-state index < -0.39 is 5.97 Å². The minimum absolute atomic E-state index is 0.0454. The van der Waals surface area contributed by atoms with Gasteiger partial charge in [-0.2, -0.15) is 0 Å². The number of hydrogen-bond acceptors (Lipinski definition) is 2. The van der Waals surface area contributed by atoms with Crippen molar-refractivity contribution in [2.24, 2.45) is 0 Å². The van der Waals surface area contributed by atoms with Gasteiger partial charge in [-0.05, 0) is 13.0 Å². The zero-order valence-corrected chi connectivity index (χ0v) is 7.65. The van der Waals surface area contributed by atoms with Crippen molar-refractivity contribution in [3.8, 4) is 0 Å². The molecule has 14 heavy (non-hydrogen) atoms. The Morgan fingerprint density at radius 1 is 1.71 bits per heavy atom.